The summed E-state index contributed by atoms with van der Waals surface area (Å²) in [5, 5.41) is 17.8. The van der Waals surface area contributed by atoms with E-state index in [1.165, 1.54) is 0 Å². The van der Waals surface area contributed by atoms with Gasteiger partial charge in [-0.1, -0.05) is 0 Å². The molecule has 0 atom stereocenters. The number of carboxylic acids is 1. The lowest BCUT2D eigenvalue weighted by molar-refractivity contribution is -0.145. The van der Waals surface area contributed by atoms with Crippen LogP contribution in [0.5, 0.6) is 0 Å². The predicted molar refractivity (Wildman–Crippen MR) is 66.1 cm³/mol. The molecule has 2 rings (SSSR count). The molecule has 1 aromatic heterocycles. The van der Waals surface area contributed by atoms with Gasteiger partial charge >= 0.3 is 5.97 Å². The Morgan fingerprint density at radius 1 is 1.42 bits per heavy atom. The van der Waals surface area contributed by atoms with Gasteiger partial charge in [0.1, 0.15) is 18.3 Å². The Kier molecular flexibility index (Phi) is 3.85. The van der Waals surface area contributed by atoms with Crippen LogP contribution >= 0.6 is 0 Å². The highest BCUT2D eigenvalue weighted by Gasteiger charge is 2.26. The van der Waals surface area contributed by atoms with Gasteiger partial charge in [0.15, 0.2) is 0 Å². The molecule has 6 nitrogen and oxygen atoms in total. The first kappa shape index (κ1) is 13.1. The molecule has 0 bridgehead atoms. The standard InChI is InChI=1S/C13H15N3O3/c14-8-11-2-1-5-16(11)9-12(17)15-6-3-10(4-7-15)13(18)19/h1-2,5,10H,3-4,6-7,9H2,(H,18,19). The lowest BCUT2D eigenvalue weighted by Crippen LogP contribution is -2.41. The van der Waals surface area contributed by atoms with Crippen molar-refractivity contribution >= 4 is 11.9 Å². The number of nitrogens with zero attached hydrogens (tertiary/aromatic N) is 3. The number of carboxylic acid groups (broad SMARTS) is 1. The van der Waals surface area contributed by atoms with Crippen molar-refractivity contribution in [2.24, 2.45) is 5.92 Å². The maximum atomic E-state index is 12.1. The van der Waals surface area contributed by atoms with Crippen LogP contribution in [-0.2, 0) is 16.1 Å². The van der Waals surface area contributed by atoms with E-state index in [2.05, 4.69) is 0 Å². The van der Waals surface area contributed by atoms with Crippen molar-refractivity contribution in [2.75, 3.05) is 13.1 Å². The van der Waals surface area contributed by atoms with Gasteiger partial charge in [-0.3, -0.25) is 9.59 Å². The van der Waals surface area contributed by atoms with E-state index in [0.29, 0.717) is 31.6 Å². The van der Waals surface area contributed by atoms with E-state index in [4.69, 9.17) is 10.4 Å². The van der Waals surface area contributed by atoms with E-state index < -0.39 is 5.97 Å². The third-order valence-corrected chi connectivity index (χ3v) is 3.45. The Bertz CT molecular complexity index is 521. The first-order chi connectivity index (χ1) is 9.11. The molecule has 0 spiro atoms. The third-order valence-electron chi connectivity index (χ3n) is 3.45. The number of rotatable bonds is 3. The summed E-state index contributed by atoms with van der Waals surface area (Å²) in [6.45, 7) is 1.07. The summed E-state index contributed by atoms with van der Waals surface area (Å²) >= 11 is 0. The Morgan fingerprint density at radius 3 is 2.68 bits per heavy atom. The number of aromatic nitrogens is 1. The van der Waals surface area contributed by atoms with E-state index in [0.717, 1.165) is 0 Å². The molecule has 0 aromatic carbocycles. The number of amides is 1. The normalized spacial score (nSPS) is 16.1. The summed E-state index contributed by atoms with van der Waals surface area (Å²) in [5.74, 6) is -1.20. The van der Waals surface area contributed by atoms with Crippen molar-refractivity contribution in [3.05, 3.63) is 24.0 Å². The molecule has 1 N–H and O–H groups in total. The summed E-state index contributed by atoms with van der Waals surface area (Å²) in [5.41, 5.74) is 0.453. The SMILES string of the molecule is N#Cc1cccn1CC(=O)N1CCC(C(=O)O)CC1. The Morgan fingerprint density at radius 2 is 2.11 bits per heavy atom. The van der Waals surface area contributed by atoms with Gasteiger partial charge in [-0.15, -0.1) is 0 Å². The number of nitriles is 1. The van der Waals surface area contributed by atoms with Crippen molar-refractivity contribution in [2.45, 2.75) is 19.4 Å². The van der Waals surface area contributed by atoms with Gasteiger partial charge in [0, 0.05) is 19.3 Å². The number of piperidine rings is 1. The Labute approximate surface area is 110 Å². The predicted octanol–water partition coefficient (Wildman–Crippen LogP) is 0.683. The van der Waals surface area contributed by atoms with Crippen molar-refractivity contribution in [1.82, 2.24) is 9.47 Å². The zero-order chi connectivity index (χ0) is 13.8. The van der Waals surface area contributed by atoms with E-state index in [9.17, 15) is 9.59 Å². The van der Waals surface area contributed by atoms with E-state index in [1.807, 2.05) is 6.07 Å². The topological polar surface area (TPSA) is 86.3 Å². The lowest BCUT2D eigenvalue weighted by Gasteiger charge is -2.30. The van der Waals surface area contributed by atoms with Crippen molar-refractivity contribution in [3.8, 4) is 6.07 Å². The van der Waals surface area contributed by atoms with Crippen LogP contribution in [0.15, 0.2) is 18.3 Å². The van der Waals surface area contributed by atoms with Crippen molar-refractivity contribution in [1.29, 1.82) is 5.26 Å². The molecule has 1 aliphatic heterocycles. The zero-order valence-corrected chi connectivity index (χ0v) is 10.5. The minimum absolute atomic E-state index is 0.0726. The maximum Gasteiger partial charge on any atom is 0.306 e. The van der Waals surface area contributed by atoms with Crippen LogP contribution in [0.4, 0.5) is 0 Å². The quantitative estimate of drug-likeness (QED) is 0.867. The van der Waals surface area contributed by atoms with E-state index in [-0.39, 0.29) is 18.4 Å². The van der Waals surface area contributed by atoms with Crippen LogP contribution in [0.2, 0.25) is 0 Å². The third kappa shape index (κ3) is 2.94. The molecule has 0 radical (unpaired) electrons. The second-order valence-corrected chi connectivity index (χ2v) is 4.63. The zero-order valence-electron chi connectivity index (χ0n) is 10.5. The molecule has 1 fully saturated rings. The van der Waals surface area contributed by atoms with Gasteiger partial charge in [0.2, 0.25) is 5.91 Å². The fraction of sp³-hybridized carbons (Fsp3) is 0.462. The molecule has 6 heteroatoms. The number of hydrogen-bond acceptors (Lipinski definition) is 3. The van der Waals surface area contributed by atoms with Crippen LogP contribution in [-0.4, -0.2) is 39.5 Å². The summed E-state index contributed by atoms with van der Waals surface area (Å²) in [4.78, 5) is 24.6. The van der Waals surface area contributed by atoms with Gasteiger partial charge in [0.25, 0.3) is 0 Å². The maximum absolute atomic E-state index is 12.1. The van der Waals surface area contributed by atoms with Gasteiger partial charge in [-0.05, 0) is 25.0 Å². The number of likely N-dealkylation sites (tertiary alicyclic amines) is 1. The molecule has 1 saturated heterocycles. The molecule has 1 aromatic rings. The Balaban J connectivity index is 1.92. The molecule has 1 amide bonds. The van der Waals surface area contributed by atoms with Gasteiger partial charge in [-0.2, -0.15) is 5.26 Å². The molecule has 1 aliphatic rings. The fourth-order valence-corrected chi connectivity index (χ4v) is 2.28. The average molecular weight is 261 g/mol. The summed E-state index contributed by atoms with van der Waals surface area (Å²) in [6.07, 6.45) is 2.69. The number of aliphatic carboxylic acids is 1. The van der Waals surface area contributed by atoms with Crippen molar-refractivity contribution in [3.63, 3.8) is 0 Å². The molecule has 0 saturated carbocycles. The number of carbonyl (C=O) groups is 2. The average Bonchev–Trinajstić information content (AvgIpc) is 2.86. The van der Waals surface area contributed by atoms with E-state index >= 15 is 0 Å². The van der Waals surface area contributed by atoms with Crippen LogP contribution in [0.25, 0.3) is 0 Å². The van der Waals surface area contributed by atoms with Gasteiger partial charge < -0.3 is 14.6 Å². The molecule has 19 heavy (non-hydrogen) atoms. The minimum atomic E-state index is -0.788. The summed E-state index contributed by atoms with van der Waals surface area (Å²) in [7, 11) is 0. The fourth-order valence-electron chi connectivity index (χ4n) is 2.28. The monoisotopic (exact) mass is 261 g/mol. The minimum Gasteiger partial charge on any atom is -0.481 e. The second-order valence-electron chi connectivity index (χ2n) is 4.63. The summed E-state index contributed by atoms with van der Waals surface area (Å²) in [6, 6.07) is 5.40. The summed E-state index contributed by atoms with van der Waals surface area (Å²) < 4.78 is 1.60. The highest BCUT2D eigenvalue weighted by atomic mass is 16.4. The van der Waals surface area contributed by atoms with Crippen molar-refractivity contribution < 1.29 is 14.7 Å². The van der Waals surface area contributed by atoms with Crippen LogP contribution in [0.1, 0.15) is 18.5 Å². The highest BCUT2D eigenvalue weighted by Crippen LogP contribution is 2.17. The molecule has 100 valence electrons. The largest absolute Gasteiger partial charge is 0.481 e. The second kappa shape index (κ2) is 5.57. The van der Waals surface area contributed by atoms with Gasteiger partial charge in [-0.25, -0.2) is 0 Å². The Hall–Kier alpha value is -2.29. The van der Waals surface area contributed by atoms with Crippen LogP contribution in [0, 0.1) is 17.2 Å². The number of carbonyl (C=O) groups excluding carboxylic acids is 1. The van der Waals surface area contributed by atoms with Crippen LogP contribution < -0.4 is 0 Å². The lowest BCUT2D eigenvalue weighted by atomic mass is 9.97. The van der Waals surface area contributed by atoms with E-state index in [1.54, 1.807) is 27.8 Å². The molecule has 0 unspecified atom stereocenters. The molecule has 2 heterocycles. The molecular weight excluding hydrogens is 246 g/mol. The van der Waals surface area contributed by atoms with Gasteiger partial charge in [0.05, 0.1) is 5.92 Å². The smallest absolute Gasteiger partial charge is 0.306 e. The molecule has 0 aliphatic carbocycles. The molecular formula is C13H15N3O3. The van der Waals surface area contributed by atoms with Crippen LogP contribution in [0.3, 0.4) is 0 Å². The highest BCUT2D eigenvalue weighted by molar-refractivity contribution is 5.77. The first-order valence-electron chi connectivity index (χ1n) is 6.17. The first-order valence-corrected chi connectivity index (χ1v) is 6.17. The number of hydrogen-bond donors (Lipinski definition) is 1.